The van der Waals surface area contributed by atoms with Gasteiger partial charge in [-0.1, -0.05) is 18.2 Å². The Balaban J connectivity index is 1.61. The Labute approximate surface area is 157 Å². The van der Waals surface area contributed by atoms with Gasteiger partial charge in [0.25, 0.3) is 0 Å². The van der Waals surface area contributed by atoms with Gasteiger partial charge in [-0.15, -0.1) is 0 Å². The van der Waals surface area contributed by atoms with Crippen LogP contribution in [0, 0.1) is 0 Å². The molecule has 0 spiro atoms. The SMILES string of the molecule is O=C(CNC(=O)N1CC(=O)Nc2ccccc21)Nc1cccc(C(F)(F)F)c1. The van der Waals surface area contributed by atoms with Crippen molar-refractivity contribution in [3.05, 3.63) is 54.1 Å². The molecule has 10 heteroatoms. The molecule has 0 radical (unpaired) electrons. The molecular weight excluding hydrogens is 377 g/mol. The van der Waals surface area contributed by atoms with Crippen LogP contribution >= 0.6 is 0 Å². The quantitative estimate of drug-likeness (QED) is 0.750. The number of fused-ring (bicyclic) bond motifs is 1. The van der Waals surface area contributed by atoms with E-state index in [9.17, 15) is 27.6 Å². The largest absolute Gasteiger partial charge is 0.416 e. The summed E-state index contributed by atoms with van der Waals surface area (Å²) in [6, 6.07) is 10.1. The standard InChI is InChI=1S/C18H15F3N4O3/c19-18(20,21)11-4-3-5-12(8-11)23-15(26)9-22-17(28)25-10-16(27)24-13-6-1-2-7-14(13)25/h1-8H,9-10H2,(H,22,28)(H,23,26)(H,24,27). The van der Waals surface area contributed by atoms with Gasteiger partial charge >= 0.3 is 12.2 Å². The number of rotatable bonds is 3. The molecule has 0 bridgehead atoms. The first-order valence-electron chi connectivity index (χ1n) is 8.15. The van der Waals surface area contributed by atoms with E-state index in [-0.39, 0.29) is 18.1 Å². The molecule has 3 N–H and O–H groups in total. The van der Waals surface area contributed by atoms with E-state index in [0.29, 0.717) is 11.4 Å². The Morgan fingerprint density at radius 1 is 1.11 bits per heavy atom. The lowest BCUT2D eigenvalue weighted by atomic mass is 10.2. The van der Waals surface area contributed by atoms with Gasteiger partial charge in [-0.25, -0.2) is 4.79 Å². The van der Waals surface area contributed by atoms with Gasteiger partial charge in [-0.05, 0) is 30.3 Å². The number of alkyl halides is 3. The van der Waals surface area contributed by atoms with Crippen LogP contribution in [0.2, 0.25) is 0 Å². The fourth-order valence-corrected chi connectivity index (χ4v) is 2.64. The molecule has 1 aliphatic rings. The van der Waals surface area contributed by atoms with Crippen LogP contribution in [0.4, 0.5) is 35.0 Å². The number of benzene rings is 2. The van der Waals surface area contributed by atoms with Crippen molar-refractivity contribution in [2.45, 2.75) is 6.18 Å². The zero-order valence-corrected chi connectivity index (χ0v) is 14.3. The molecule has 146 valence electrons. The number of hydrogen-bond donors (Lipinski definition) is 3. The van der Waals surface area contributed by atoms with Gasteiger partial charge in [0.05, 0.1) is 23.5 Å². The van der Waals surface area contributed by atoms with Crippen LogP contribution in [0.1, 0.15) is 5.56 Å². The number of hydrogen-bond acceptors (Lipinski definition) is 3. The third-order valence-corrected chi connectivity index (χ3v) is 3.89. The van der Waals surface area contributed by atoms with Crippen molar-refractivity contribution in [3.8, 4) is 0 Å². The molecule has 7 nitrogen and oxygen atoms in total. The number of carbonyl (C=O) groups excluding carboxylic acids is 3. The topological polar surface area (TPSA) is 90.5 Å². The zero-order valence-electron chi connectivity index (χ0n) is 14.3. The van der Waals surface area contributed by atoms with Gasteiger partial charge < -0.3 is 16.0 Å². The van der Waals surface area contributed by atoms with Crippen molar-refractivity contribution in [1.29, 1.82) is 0 Å². The van der Waals surface area contributed by atoms with E-state index < -0.39 is 30.2 Å². The second-order valence-electron chi connectivity index (χ2n) is 5.94. The number of halogens is 3. The maximum absolute atomic E-state index is 12.7. The minimum Gasteiger partial charge on any atom is -0.329 e. The highest BCUT2D eigenvalue weighted by Crippen LogP contribution is 2.31. The summed E-state index contributed by atoms with van der Waals surface area (Å²) in [6.45, 7) is -0.701. The molecule has 2 aromatic rings. The molecule has 0 saturated carbocycles. The average Bonchev–Trinajstić information content (AvgIpc) is 2.65. The first-order valence-corrected chi connectivity index (χ1v) is 8.15. The number of anilines is 3. The van der Waals surface area contributed by atoms with Crippen LogP contribution in [-0.2, 0) is 15.8 Å². The second kappa shape index (κ2) is 7.59. The monoisotopic (exact) mass is 392 g/mol. The van der Waals surface area contributed by atoms with Crippen molar-refractivity contribution < 1.29 is 27.6 Å². The van der Waals surface area contributed by atoms with Crippen molar-refractivity contribution in [3.63, 3.8) is 0 Å². The average molecular weight is 392 g/mol. The summed E-state index contributed by atoms with van der Waals surface area (Å²) >= 11 is 0. The molecule has 28 heavy (non-hydrogen) atoms. The first kappa shape index (κ1) is 19.2. The number of urea groups is 1. The highest BCUT2D eigenvalue weighted by Gasteiger charge is 2.30. The molecule has 0 aromatic heterocycles. The Bertz CT molecular complexity index is 930. The fraction of sp³-hybridized carbons (Fsp3) is 0.167. The summed E-state index contributed by atoms with van der Waals surface area (Å²) < 4.78 is 38.1. The van der Waals surface area contributed by atoms with E-state index in [1.165, 1.54) is 17.0 Å². The fourth-order valence-electron chi connectivity index (χ4n) is 2.64. The number of para-hydroxylation sites is 2. The zero-order chi connectivity index (χ0) is 20.3. The lowest BCUT2D eigenvalue weighted by molar-refractivity contribution is -0.137. The van der Waals surface area contributed by atoms with Gasteiger partial charge in [-0.3, -0.25) is 14.5 Å². The second-order valence-corrected chi connectivity index (χ2v) is 5.94. The Hall–Kier alpha value is -3.56. The van der Waals surface area contributed by atoms with E-state index >= 15 is 0 Å². The van der Waals surface area contributed by atoms with E-state index in [2.05, 4.69) is 16.0 Å². The molecule has 0 fully saturated rings. The molecule has 0 unspecified atom stereocenters. The Morgan fingerprint density at radius 2 is 1.86 bits per heavy atom. The van der Waals surface area contributed by atoms with Crippen LogP contribution in [0.3, 0.4) is 0 Å². The predicted octanol–water partition coefficient (Wildman–Crippen LogP) is 2.81. The van der Waals surface area contributed by atoms with Crippen LogP contribution in [-0.4, -0.2) is 30.9 Å². The molecule has 0 atom stereocenters. The minimum atomic E-state index is -4.53. The summed E-state index contributed by atoms with van der Waals surface area (Å²) in [5.74, 6) is -1.09. The normalized spacial score (nSPS) is 13.4. The number of nitrogens with zero attached hydrogens (tertiary/aromatic N) is 1. The smallest absolute Gasteiger partial charge is 0.329 e. The predicted molar refractivity (Wildman–Crippen MR) is 95.9 cm³/mol. The Kier molecular flexibility index (Phi) is 5.21. The van der Waals surface area contributed by atoms with Gasteiger partial charge in [0.15, 0.2) is 0 Å². The van der Waals surface area contributed by atoms with Crippen LogP contribution in [0.5, 0.6) is 0 Å². The Morgan fingerprint density at radius 3 is 2.61 bits per heavy atom. The number of nitrogens with one attached hydrogen (secondary N) is 3. The minimum absolute atomic E-state index is 0.0447. The molecule has 3 rings (SSSR count). The summed E-state index contributed by atoms with van der Waals surface area (Å²) in [4.78, 5) is 37.2. The molecular formula is C18H15F3N4O3. The molecule has 1 aliphatic heterocycles. The third-order valence-electron chi connectivity index (χ3n) is 3.89. The van der Waals surface area contributed by atoms with Gasteiger partial charge in [0, 0.05) is 5.69 Å². The lowest BCUT2D eigenvalue weighted by Crippen LogP contribution is -2.48. The van der Waals surface area contributed by atoms with Crippen molar-refractivity contribution in [1.82, 2.24) is 5.32 Å². The maximum atomic E-state index is 12.7. The first-order chi connectivity index (χ1) is 13.2. The van der Waals surface area contributed by atoms with E-state index in [1.54, 1.807) is 24.3 Å². The number of amides is 4. The van der Waals surface area contributed by atoms with Crippen molar-refractivity contribution in [2.24, 2.45) is 0 Å². The highest BCUT2D eigenvalue weighted by atomic mass is 19.4. The van der Waals surface area contributed by atoms with E-state index in [1.807, 2.05) is 0 Å². The van der Waals surface area contributed by atoms with Crippen LogP contribution < -0.4 is 20.9 Å². The summed E-state index contributed by atoms with van der Waals surface area (Å²) in [7, 11) is 0. The third kappa shape index (κ3) is 4.40. The summed E-state index contributed by atoms with van der Waals surface area (Å²) in [5.41, 5.74) is -0.0118. The van der Waals surface area contributed by atoms with Gasteiger partial charge in [0.2, 0.25) is 11.8 Å². The number of carbonyl (C=O) groups is 3. The molecule has 4 amide bonds. The highest BCUT2D eigenvalue weighted by molar-refractivity contribution is 6.10. The molecule has 1 heterocycles. The summed E-state index contributed by atoms with van der Waals surface area (Å²) in [6.07, 6.45) is -4.53. The van der Waals surface area contributed by atoms with Gasteiger partial charge in [0.1, 0.15) is 6.54 Å². The molecule has 0 aliphatic carbocycles. The molecule has 0 saturated heterocycles. The lowest BCUT2D eigenvalue weighted by Gasteiger charge is -2.29. The maximum Gasteiger partial charge on any atom is 0.416 e. The van der Waals surface area contributed by atoms with Crippen LogP contribution in [0.15, 0.2) is 48.5 Å². The van der Waals surface area contributed by atoms with Crippen molar-refractivity contribution >= 4 is 34.9 Å². The van der Waals surface area contributed by atoms with Crippen LogP contribution in [0.25, 0.3) is 0 Å². The molecule has 2 aromatic carbocycles. The van der Waals surface area contributed by atoms with E-state index in [0.717, 1.165) is 12.1 Å². The van der Waals surface area contributed by atoms with Crippen molar-refractivity contribution in [2.75, 3.05) is 28.6 Å². The summed E-state index contributed by atoms with van der Waals surface area (Å²) in [5, 5.41) is 7.27. The van der Waals surface area contributed by atoms with E-state index in [4.69, 9.17) is 0 Å². The van der Waals surface area contributed by atoms with Gasteiger partial charge in [-0.2, -0.15) is 13.2 Å².